The number of aliphatic imine (C=N–C) groups is 2. The monoisotopic (exact) mass is 1310 g/mol. The number of carbonyl (C=O) groups is 2. The summed E-state index contributed by atoms with van der Waals surface area (Å²) in [5, 5.41) is 5.53. The molecule has 0 radical (unpaired) electrons. The second-order valence-corrected chi connectivity index (χ2v) is 27.8. The van der Waals surface area contributed by atoms with Gasteiger partial charge in [0.25, 0.3) is 11.8 Å². The molecule has 0 unspecified atom stereocenters. The topological polar surface area (TPSA) is 157 Å². The number of hydrogen-bond acceptors (Lipinski definition) is 14. The Balaban J connectivity index is 0.000000164. The molecule has 4 aromatic carbocycles. The first-order valence-corrected chi connectivity index (χ1v) is 30.5. The molecule has 5 fully saturated rings. The van der Waals surface area contributed by atoms with Gasteiger partial charge in [0.05, 0.1) is 46.8 Å². The van der Waals surface area contributed by atoms with E-state index in [-0.39, 0.29) is 55.4 Å². The number of halogens is 9. The zero-order chi connectivity index (χ0) is 63.0. The van der Waals surface area contributed by atoms with E-state index in [9.17, 15) is 40.3 Å². The van der Waals surface area contributed by atoms with Crippen LogP contribution in [0.25, 0.3) is 0 Å². The van der Waals surface area contributed by atoms with Crippen LogP contribution in [0.3, 0.4) is 0 Å². The van der Waals surface area contributed by atoms with Crippen molar-refractivity contribution in [2.24, 2.45) is 21.8 Å². The number of ether oxygens (including phenoxy) is 2. The highest BCUT2D eigenvalue weighted by molar-refractivity contribution is 9.10. The average Bonchev–Trinajstić information content (AvgIpc) is 1.59. The lowest BCUT2D eigenvalue weighted by Crippen LogP contribution is -2.48. The van der Waals surface area contributed by atoms with Gasteiger partial charge in [-0.3, -0.25) is 9.59 Å². The SMILES string of the molecule is CC1(C)OB(B2OC(C)(C)C(C)(C)O2)OC1(C)C.CC1(C)OB(c2ccc(F)c([C@]34CO[C@H](C(F)(F)F)[C@H]3CSC(NC(=O)c3ccccc3)=N4)c2)OC1(C)C.O=C(NC1=N[C@@]2(c3cc(Br)ccc3F)CO[C@H](C(F)(F)F)[C@H]2CS1)c1ccccc1. The van der Waals surface area contributed by atoms with E-state index in [0.717, 1.165) is 23.5 Å². The van der Waals surface area contributed by atoms with Crippen molar-refractivity contribution < 1.29 is 82.1 Å². The summed E-state index contributed by atoms with van der Waals surface area (Å²) in [6.07, 6.45) is -13.5. The molecule has 0 saturated carbocycles. The predicted molar refractivity (Wildman–Crippen MR) is 318 cm³/mol. The number of thioether (sulfide) groups is 2. The Labute approximate surface area is 512 Å². The third-order valence-electron chi connectivity index (χ3n) is 17.6. The van der Waals surface area contributed by atoms with Crippen LogP contribution in [-0.2, 0) is 48.5 Å². The fourth-order valence-electron chi connectivity index (χ4n) is 10.6. The van der Waals surface area contributed by atoms with Gasteiger partial charge in [-0.2, -0.15) is 26.3 Å². The Kier molecular flexibility index (Phi) is 18.3. The lowest BCUT2D eigenvalue weighted by molar-refractivity contribution is -0.215. The molecule has 4 aromatic rings. The Morgan fingerprint density at radius 1 is 0.523 bits per heavy atom. The lowest BCUT2D eigenvalue weighted by atomic mass is 9.49. The molecule has 11 rings (SSSR count). The number of hydrogen-bond donors (Lipinski definition) is 2. The molecule has 5 saturated heterocycles. The van der Waals surface area contributed by atoms with Gasteiger partial charge in [0.1, 0.15) is 22.7 Å². The number of rotatable bonds is 6. The molecule has 6 atom stereocenters. The van der Waals surface area contributed by atoms with E-state index < -0.39 is 116 Å². The molecule has 7 aliphatic heterocycles. The lowest BCUT2D eigenvalue weighted by Gasteiger charge is -2.37. The van der Waals surface area contributed by atoms with Crippen molar-refractivity contribution in [3.8, 4) is 0 Å². The number of amides is 2. The third kappa shape index (κ3) is 13.0. The Morgan fingerprint density at radius 2 is 0.872 bits per heavy atom. The smallest absolute Gasteiger partial charge is 0.405 e. The van der Waals surface area contributed by atoms with Crippen molar-refractivity contribution in [3.05, 3.63) is 135 Å². The summed E-state index contributed by atoms with van der Waals surface area (Å²) >= 11 is 5.21. The molecule has 7 heterocycles. The maximum atomic E-state index is 15.5. The van der Waals surface area contributed by atoms with E-state index in [1.54, 1.807) is 60.7 Å². The van der Waals surface area contributed by atoms with Crippen molar-refractivity contribution in [1.82, 2.24) is 10.6 Å². The van der Waals surface area contributed by atoms with E-state index in [1.165, 1.54) is 36.4 Å². The highest BCUT2D eigenvalue weighted by Gasteiger charge is 2.66. The first-order valence-electron chi connectivity index (χ1n) is 27.7. The number of fused-ring (bicyclic) bond motifs is 2. The Bertz CT molecular complexity index is 3180. The molecule has 0 aliphatic carbocycles. The second kappa shape index (κ2) is 23.8. The zero-order valence-electron chi connectivity index (χ0n) is 49.3. The van der Waals surface area contributed by atoms with Crippen molar-refractivity contribution >= 4 is 88.2 Å². The highest BCUT2D eigenvalue weighted by Crippen LogP contribution is 2.54. The van der Waals surface area contributed by atoms with E-state index in [1.807, 2.05) is 83.1 Å². The quantitative estimate of drug-likeness (QED) is 0.139. The van der Waals surface area contributed by atoms with Crippen LogP contribution in [0.15, 0.2) is 112 Å². The van der Waals surface area contributed by atoms with E-state index >= 15 is 4.39 Å². The van der Waals surface area contributed by atoms with Crippen molar-refractivity contribution in [1.29, 1.82) is 0 Å². The van der Waals surface area contributed by atoms with Crippen molar-refractivity contribution in [2.75, 3.05) is 24.7 Å². The van der Waals surface area contributed by atoms with Gasteiger partial charge >= 0.3 is 33.5 Å². The number of benzene rings is 4. The van der Waals surface area contributed by atoms with Gasteiger partial charge in [-0.15, -0.1) is 0 Å². The van der Waals surface area contributed by atoms with Crippen LogP contribution in [0.5, 0.6) is 0 Å². The first kappa shape index (κ1) is 66.1. The minimum absolute atomic E-state index is 0.000357. The van der Waals surface area contributed by atoms with E-state index in [2.05, 4.69) is 36.5 Å². The van der Waals surface area contributed by atoms with Crippen LogP contribution in [-0.4, -0.2) is 126 Å². The van der Waals surface area contributed by atoms with Crippen LogP contribution >= 0.6 is 39.5 Å². The molecule has 2 amide bonds. The van der Waals surface area contributed by atoms with Gasteiger partial charge in [-0.25, -0.2) is 18.8 Å². The molecule has 0 spiro atoms. The second-order valence-electron chi connectivity index (χ2n) is 24.9. The van der Waals surface area contributed by atoms with Gasteiger partial charge in [0.15, 0.2) is 22.5 Å². The minimum Gasteiger partial charge on any atom is -0.405 e. The Morgan fingerprint density at radius 3 is 1.24 bits per heavy atom. The summed E-state index contributed by atoms with van der Waals surface area (Å²) in [6, 6.07) is 24.9. The molecule has 28 heteroatoms. The summed E-state index contributed by atoms with van der Waals surface area (Å²) in [6.45, 7) is 22.7. The number of alkyl halides is 6. The van der Waals surface area contributed by atoms with Crippen LogP contribution in [0.2, 0.25) is 0 Å². The largest absolute Gasteiger partial charge is 0.494 e. The summed E-state index contributed by atoms with van der Waals surface area (Å²) < 4.78 is 160. The maximum Gasteiger partial charge on any atom is 0.494 e. The molecule has 2 N–H and O–H groups in total. The normalized spacial score (nSPS) is 28.2. The first-order chi connectivity index (χ1) is 39.8. The number of carbonyl (C=O) groups excluding carboxylic acids is 2. The molecule has 86 heavy (non-hydrogen) atoms. The number of amidine groups is 2. The van der Waals surface area contributed by atoms with Crippen LogP contribution in [0.4, 0.5) is 35.1 Å². The minimum atomic E-state index is -4.67. The standard InChI is InChI=1S/C26H27BF4N2O4S.C20H15BrF4N2O2S.C12H24B2O4/c1-23(2)24(3,4)37-27(36-23)16-10-11-19(28)17(12-16)25-14-35-20(26(29,30)31)18(25)13-38-22(33-25)32-21(34)15-8-6-5-7-9-15;21-12-6-7-15(22)13(8-12)19-10-29-16(20(23,24)25)14(19)9-30-18(27-19)26-17(28)11-4-2-1-3-5-11;1-9(2)10(3,4)16-13(15-9)14-17-11(5,6)12(7,8)18-14/h5-12,18,20H,13-14H2,1-4H3,(H,32,33,34);1-8,14,16H,9-10H2,(H,26,27,28);1-8H3/t18-,20+,25-;14-,16+,19-;/m11./s1. The molecule has 14 nitrogen and oxygen atoms in total. The van der Waals surface area contributed by atoms with Crippen LogP contribution < -0.4 is 16.1 Å². The fourth-order valence-corrected chi connectivity index (χ4v) is 13.3. The fraction of sp³-hybridized carbons (Fsp3) is 0.517. The summed E-state index contributed by atoms with van der Waals surface area (Å²) in [5.41, 5.74) is -4.96. The van der Waals surface area contributed by atoms with Gasteiger partial charge in [0, 0.05) is 50.1 Å². The van der Waals surface area contributed by atoms with Crippen molar-refractivity contribution in [3.63, 3.8) is 0 Å². The highest BCUT2D eigenvalue weighted by atomic mass is 79.9. The van der Waals surface area contributed by atoms with Gasteiger partial charge < -0.3 is 48.0 Å². The molecule has 462 valence electrons. The molecule has 0 aromatic heterocycles. The number of nitrogens with one attached hydrogen (secondary N) is 2. The molecule has 0 bridgehead atoms. The van der Waals surface area contributed by atoms with E-state index in [0.29, 0.717) is 21.1 Å². The van der Waals surface area contributed by atoms with E-state index in [4.69, 9.17) is 37.4 Å². The predicted octanol–water partition coefficient (Wildman–Crippen LogP) is 11.6. The molecule has 7 aliphatic rings. The Hall–Kier alpha value is -4.35. The third-order valence-corrected chi connectivity index (χ3v) is 20.1. The van der Waals surface area contributed by atoms with Crippen LogP contribution in [0.1, 0.15) is 115 Å². The molecular formula is C58H66B3BrF8N4O10S2. The van der Waals surface area contributed by atoms with Gasteiger partial charge in [-0.1, -0.05) is 88.0 Å². The number of nitrogens with zero attached hydrogens (tertiary/aromatic N) is 2. The van der Waals surface area contributed by atoms with Gasteiger partial charge in [0.2, 0.25) is 0 Å². The van der Waals surface area contributed by atoms with Gasteiger partial charge in [-0.05, 0) is 137 Å². The summed E-state index contributed by atoms with van der Waals surface area (Å²) in [5.74, 6) is -4.80. The summed E-state index contributed by atoms with van der Waals surface area (Å²) in [4.78, 5) is 34.3. The van der Waals surface area contributed by atoms with Crippen molar-refractivity contribution in [2.45, 2.75) is 152 Å². The summed E-state index contributed by atoms with van der Waals surface area (Å²) in [7, 11) is -1.80. The molecular weight excluding hydrogens is 1240 g/mol. The average molecular weight is 1310 g/mol. The zero-order valence-corrected chi connectivity index (χ0v) is 52.5. The van der Waals surface area contributed by atoms with Crippen LogP contribution in [0, 0.1) is 23.5 Å². The maximum absolute atomic E-state index is 15.5.